The van der Waals surface area contributed by atoms with Crippen LogP contribution in [0.2, 0.25) is 0 Å². The van der Waals surface area contributed by atoms with Gasteiger partial charge in [0, 0.05) is 6.92 Å². The summed E-state index contributed by atoms with van der Waals surface area (Å²) in [5.74, 6) is 0.804. The van der Waals surface area contributed by atoms with Crippen molar-refractivity contribution in [1.82, 2.24) is 0 Å². The van der Waals surface area contributed by atoms with Gasteiger partial charge in [-0.2, -0.15) is 0 Å². The van der Waals surface area contributed by atoms with E-state index < -0.39 is 0 Å². The maximum absolute atomic E-state index is 11.3. The molecule has 3 nitrogen and oxygen atoms in total. The van der Waals surface area contributed by atoms with E-state index in [0.29, 0.717) is 18.1 Å². The van der Waals surface area contributed by atoms with Gasteiger partial charge in [0.2, 0.25) is 0 Å². The molecule has 2 aromatic carbocycles. The van der Waals surface area contributed by atoms with E-state index in [-0.39, 0.29) is 5.97 Å². The minimum absolute atomic E-state index is 0.341. The molecule has 0 bridgehead atoms. The summed E-state index contributed by atoms with van der Waals surface area (Å²) in [7, 11) is 0. The van der Waals surface area contributed by atoms with Gasteiger partial charge >= 0.3 is 5.97 Å². The van der Waals surface area contributed by atoms with Crippen molar-refractivity contribution in [1.29, 1.82) is 0 Å². The molecule has 22 heavy (non-hydrogen) atoms. The minimum Gasteiger partial charge on any atom is -0.485 e. The molecular formula is C19H22O3. The predicted molar refractivity (Wildman–Crippen MR) is 87.3 cm³/mol. The number of hydrogen-bond donors (Lipinski definition) is 0. The van der Waals surface area contributed by atoms with Crippen molar-refractivity contribution in [3.8, 4) is 11.5 Å². The molecule has 0 aliphatic heterocycles. The highest BCUT2D eigenvalue weighted by Crippen LogP contribution is 2.34. The van der Waals surface area contributed by atoms with Crippen LogP contribution in [0.15, 0.2) is 42.5 Å². The minimum atomic E-state index is -0.341. The highest BCUT2D eigenvalue weighted by Gasteiger charge is 2.14. The van der Waals surface area contributed by atoms with E-state index in [9.17, 15) is 4.79 Å². The fourth-order valence-electron chi connectivity index (χ4n) is 2.39. The van der Waals surface area contributed by atoms with E-state index in [4.69, 9.17) is 9.47 Å². The van der Waals surface area contributed by atoms with Gasteiger partial charge in [0.05, 0.1) is 0 Å². The molecule has 0 aliphatic carbocycles. The van der Waals surface area contributed by atoms with Gasteiger partial charge in [-0.1, -0.05) is 49.7 Å². The van der Waals surface area contributed by atoms with Crippen LogP contribution in [-0.2, 0) is 17.8 Å². The second kappa shape index (κ2) is 7.64. The Morgan fingerprint density at radius 1 is 1.09 bits per heavy atom. The van der Waals surface area contributed by atoms with Crippen molar-refractivity contribution in [3.05, 3.63) is 59.2 Å². The molecule has 0 aromatic heterocycles. The number of carbonyl (C=O) groups excluding carboxylic acids is 1. The predicted octanol–water partition coefficient (Wildman–Crippen LogP) is 4.45. The molecule has 116 valence electrons. The lowest BCUT2D eigenvalue weighted by Gasteiger charge is -2.16. The third-order valence-electron chi connectivity index (χ3n) is 3.48. The Bertz CT molecular complexity index is 633. The van der Waals surface area contributed by atoms with Crippen LogP contribution in [0.5, 0.6) is 11.5 Å². The summed E-state index contributed by atoms with van der Waals surface area (Å²) in [6, 6.07) is 13.8. The normalized spacial score (nSPS) is 10.3. The van der Waals surface area contributed by atoms with E-state index in [1.165, 1.54) is 12.5 Å². The molecule has 0 saturated heterocycles. The van der Waals surface area contributed by atoms with Crippen LogP contribution in [0, 0.1) is 6.92 Å². The monoisotopic (exact) mass is 298 g/mol. The third kappa shape index (κ3) is 4.10. The first kappa shape index (κ1) is 16.1. The second-order valence-corrected chi connectivity index (χ2v) is 5.29. The fourth-order valence-corrected chi connectivity index (χ4v) is 2.39. The molecule has 2 aromatic rings. The van der Waals surface area contributed by atoms with Gasteiger partial charge in [0.15, 0.2) is 11.5 Å². The summed E-state index contributed by atoms with van der Waals surface area (Å²) in [5, 5.41) is 0. The quantitative estimate of drug-likeness (QED) is 0.584. The lowest BCUT2D eigenvalue weighted by Crippen LogP contribution is -2.06. The maximum atomic E-state index is 11.3. The Kier molecular flexibility index (Phi) is 5.59. The van der Waals surface area contributed by atoms with Gasteiger partial charge in [-0.05, 0) is 36.1 Å². The molecule has 0 amide bonds. The van der Waals surface area contributed by atoms with Crippen LogP contribution in [0.3, 0.4) is 0 Å². The molecule has 0 heterocycles. The number of rotatable bonds is 6. The molecule has 0 fully saturated rings. The summed E-state index contributed by atoms with van der Waals surface area (Å²) in [5.41, 5.74) is 3.34. The smallest absolute Gasteiger partial charge is 0.308 e. The Labute approximate surface area is 131 Å². The summed E-state index contributed by atoms with van der Waals surface area (Å²) in [6.45, 7) is 6.00. The highest BCUT2D eigenvalue weighted by molar-refractivity contribution is 5.71. The fraction of sp³-hybridized carbons (Fsp3) is 0.316. The van der Waals surface area contributed by atoms with Crippen molar-refractivity contribution in [2.24, 2.45) is 0 Å². The van der Waals surface area contributed by atoms with E-state index >= 15 is 0 Å². The number of benzene rings is 2. The lowest BCUT2D eigenvalue weighted by molar-refractivity contribution is -0.132. The molecule has 3 heteroatoms. The van der Waals surface area contributed by atoms with Gasteiger partial charge in [0.25, 0.3) is 0 Å². The van der Waals surface area contributed by atoms with Crippen molar-refractivity contribution >= 4 is 5.97 Å². The summed E-state index contributed by atoms with van der Waals surface area (Å²) >= 11 is 0. The van der Waals surface area contributed by atoms with Crippen LogP contribution in [0.4, 0.5) is 0 Å². The van der Waals surface area contributed by atoms with E-state index in [1.54, 1.807) is 0 Å². The van der Waals surface area contributed by atoms with Crippen molar-refractivity contribution in [2.45, 2.75) is 40.2 Å². The van der Waals surface area contributed by atoms with Crippen molar-refractivity contribution < 1.29 is 14.3 Å². The van der Waals surface area contributed by atoms with Crippen LogP contribution >= 0.6 is 0 Å². The molecular weight excluding hydrogens is 276 g/mol. The van der Waals surface area contributed by atoms with Crippen molar-refractivity contribution in [2.75, 3.05) is 0 Å². The summed E-state index contributed by atoms with van der Waals surface area (Å²) in [6.07, 6.45) is 2.04. The van der Waals surface area contributed by atoms with Crippen LogP contribution in [0.25, 0.3) is 0 Å². The Balaban J connectivity index is 2.28. The Hall–Kier alpha value is -2.29. The molecule has 0 N–H and O–H groups in total. The van der Waals surface area contributed by atoms with E-state index in [1.807, 2.05) is 49.4 Å². The Morgan fingerprint density at radius 2 is 1.82 bits per heavy atom. The standard InChI is InChI=1S/C19H22O3/c1-4-8-17-11-12-18(22-15(3)20)19(14(17)2)21-13-16-9-6-5-7-10-16/h5-7,9-12H,4,8,13H2,1-3H3. The zero-order valence-electron chi connectivity index (χ0n) is 13.4. The summed E-state index contributed by atoms with van der Waals surface area (Å²) in [4.78, 5) is 11.3. The highest BCUT2D eigenvalue weighted by atomic mass is 16.6. The zero-order chi connectivity index (χ0) is 15.9. The van der Waals surface area contributed by atoms with Crippen LogP contribution < -0.4 is 9.47 Å². The Morgan fingerprint density at radius 3 is 2.45 bits per heavy atom. The number of ether oxygens (including phenoxy) is 2. The van der Waals surface area contributed by atoms with Gasteiger partial charge in [-0.25, -0.2) is 0 Å². The van der Waals surface area contributed by atoms with Gasteiger partial charge in [-0.15, -0.1) is 0 Å². The maximum Gasteiger partial charge on any atom is 0.308 e. The lowest BCUT2D eigenvalue weighted by atomic mass is 10.0. The van der Waals surface area contributed by atoms with Crippen molar-refractivity contribution in [3.63, 3.8) is 0 Å². The first-order valence-electron chi connectivity index (χ1n) is 7.59. The number of carbonyl (C=O) groups is 1. The number of aryl methyl sites for hydroxylation is 1. The number of hydrogen-bond acceptors (Lipinski definition) is 3. The third-order valence-corrected chi connectivity index (χ3v) is 3.48. The molecule has 0 aliphatic rings. The summed E-state index contributed by atoms with van der Waals surface area (Å²) < 4.78 is 11.2. The van der Waals surface area contributed by atoms with Gasteiger partial charge in [-0.3, -0.25) is 4.79 Å². The molecule has 0 radical (unpaired) electrons. The first-order valence-corrected chi connectivity index (χ1v) is 7.59. The first-order chi connectivity index (χ1) is 10.6. The van der Waals surface area contributed by atoms with Crippen LogP contribution in [0.1, 0.15) is 37.0 Å². The molecule has 0 saturated carbocycles. The largest absolute Gasteiger partial charge is 0.485 e. The molecule has 0 atom stereocenters. The van der Waals surface area contributed by atoms with Crippen LogP contribution in [-0.4, -0.2) is 5.97 Å². The average molecular weight is 298 g/mol. The molecule has 2 rings (SSSR count). The van der Waals surface area contributed by atoms with Gasteiger partial charge in [0.1, 0.15) is 6.61 Å². The number of esters is 1. The average Bonchev–Trinajstić information content (AvgIpc) is 2.50. The van der Waals surface area contributed by atoms with E-state index in [2.05, 4.69) is 6.92 Å². The SMILES string of the molecule is CCCc1ccc(OC(C)=O)c(OCc2ccccc2)c1C. The van der Waals surface area contributed by atoms with Gasteiger partial charge < -0.3 is 9.47 Å². The topological polar surface area (TPSA) is 35.5 Å². The van der Waals surface area contributed by atoms with E-state index in [0.717, 1.165) is 24.0 Å². The molecule has 0 spiro atoms. The second-order valence-electron chi connectivity index (χ2n) is 5.29. The molecule has 0 unspecified atom stereocenters. The zero-order valence-corrected chi connectivity index (χ0v) is 13.4.